The molecule has 0 bridgehead atoms. The monoisotopic (exact) mass is 1130 g/mol. The Hall–Kier alpha value is -8.17. The number of fused-ring (bicyclic) bond motifs is 4. The molecule has 0 aliphatic carbocycles. The number of ketones is 1. The van der Waals surface area contributed by atoms with Crippen molar-refractivity contribution in [2.24, 2.45) is 14.1 Å². The first-order valence-electron chi connectivity index (χ1n) is 26.4. The van der Waals surface area contributed by atoms with Crippen LogP contribution in [0.5, 0.6) is 0 Å². The summed E-state index contributed by atoms with van der Waals surface area (Å²) in [6.07, 6.45) is 12.6. The smallest absolute Gasteiger partial charge is 0.408 e. The van der Waals surface area contributed by atoms with Gasteiger partial charge < -0.3 is 34.6 Å². The summed E-state index contributed by atoms with van der Waals surface area (Å²) in [6.45, 7) is 16.4. The van der Waals surface area contributed by atoms with Crippen molar-refractivity contribution in [2.75, 3.05) is 13.2 Å². The number of nitrogens with one attached hydrogen (secondary N) is 3. The Morgan fingerprint density at radius 2 is 1.20 bits per heavy atom. The molecule has 20 heteroatoms. The number of alkyl carbamates (subject to hydrolysis) is 1. The molecular formula is C61H67N11O7S2. The molecule has 2 aliphatic heterocycles. The molecule has 2 atom stereocenters. The molecule has 1 amide bonds. The van der Waals surface area contributed by atoms with E-state index in [2.05, 4.69) is 95.7 Å². The average Bonchev–Trinajstić information content (AvgIpc) is 4.47. The van der Waals surface area contributed by atoms with E-state index in [9.17, 15) is 14.4 Å². The molecular weight excluding hydrogens is 1060 g/mol. The largest absolute Gasteiger partial charge is 0.477 e. The van der Waals surface area contributed by atoms with Gasteiger partial charge in [-0.05, 0) is 117 Å². The lowest BCUT2D eigenvalue weighted by Crippen LogP contribution is -2.34. The van der Waals surface area contributed by atoms with Crippen molar-refractivity contribution in [3.05, 3.63) is 151 Å². The van der Waals surface area contributed by atoms with E-state index >= 15 is 0 Å². The standard InChI is InChI=1S/C28H27N5O2S.C24H28N6O2.C8H8O3S.CH4/c1-16-8-18(27-22-11-23(20-12-31-33(3)13-20)32-28(22)30-15-29-27)4-5-21(16)17(2)9-24(34)26-10-19-14-35-7-6-25(19)36-26;1-14-9-16(7-8-18(14)15(2)28-23(31)32-24(3,4)5)21-19-10-20(17-11-27-30(6)12-17)29-22(19)26-13-25-21;9-8(10)7-3-5-4-11-2-1-6(5)12-7;/h4-5,8,10-13,15,17H,6-7,9,14H2,1-3H3,(H,29,30,32);7-13,15H,1-6H3,(H,28,31)(H,25,26,29);3H,1-2,4H2,(H,9,10);1H4. The van der Waals surface area contributed by atoms with E-state index in [1.807, 2.05) is 91.7 Å². The molecule has 81 heavy (non-hydrogen) atoms. The van der Waals surface area contributed by atoms with E-state index in [4.69, 9.17) is 19.3 Å². The van der Waals surface area contributed by atoms with Crippen molar-refractivity contribution >= 4 is 62.6 Å². The Labute approximate surface area is 478 Å². The van der Waals surface area contributed by atoms with E-state index in [0.717, 1.165) is 114 Å². The first-order valence-corrected chi connectivity index (χ1v) is 28.0. The molecule has 0 saturated heterocycles. The van der Waals surface area contributed by atoms with Gasteiger partial charge in [-0.2, -0.15) is 10.2 Å². The third-order valence-electron chi connectivity index (χ3n) is 13.9. The van der Waals surface area contributed by atoms with E-state index in [1.165, 1.54) is 32.2 Å². The number of carboxylic acids is 1. The van der Waals surface area contributed by atoms with Gasteiger partial charge in [-0.15, -0.1) is 22.7 Å². The van der Waals surface area contributed by atoms with Crippen LogP contribution in [0.4, 0.5) is 4.79 Å². The molecule has 4 N–H and O–H groups in total. The molecule has 2 aromatic carbocycles. The van der Waals surface area contributed by atoms with Crippen LogP contribution in [0, 0.1) is 13.8 Å². The van der Waals surface area contributed by atoms with Crippen molar-refractivity contribution in [3.8, 4) is 45.0 Å². The van der Waals surface area contributed by atoms with Gasteiger partial charge in [0.05, 0.1) is 72.5 Å². The van der Waals surface area contributed by atoms with Gasteiger partial charge in [0.2, 0.25) is 0 Å². The number of carbonyl (C=O) groups excluding carboxylic acids is 2. The summed E-state index contributed by atoms with van der Waals surface area (Å²) >= 11 is 3.00. The fraction of sp³-hybridized carbons (Fsp3) is 0.328. The molecule has 2 unspecified atom stereocenters. The number of carbonyl (C=O) groups is 3. The summed E-state index contributed by atoms with van der Waals surface area (Å²) in [4.78, 5) is 64.3. The minimum atomic E-state index is -0.839. The number of aromatic carboxylic acids is 1. The summed E-state index contributed by atoms with van der Waals surface area (Å²) in [6, 6.07) is 20.2. The van der Waals surface area contributed by atoms with Crippen LogP contribution < -0.4 is 5.32 Å². The van der Waals surface area contributed by atoms with Gasteiger partial charge in [0, 0.05) is 88.5 Å². The fourth-order valence-electron chi connectivity index (χ4n) is 10.0. The zero-order valence-corrected chi connectivity index (χ0v) is 47.8. The maximum Gasteiger partial charge on any atom is 0.408 e. The maximum absolute atomic E-state index is 13.1. The molecule has 10 aromatic rings. The number of Topliss-reactive ketones (excluding diaryl/α,β-unsaturated/α-hetero) is 1. The van der Waals surface area contributed by atoms with Crippen LogP contribution in [-0.4, -0.2) is 91.2 Å². The molecule has 12 rings (SSSR count). The second kappa shape index (κ2) is 24.3. The summed E-state index contributed by atoms with van der Waals surface area (Å²) in [5.74, 6) is -0.510. The number of aryl methyl sites for hydroxylation is 4. The van der Waals surface area contributed by atoms with Gasteiger partial charge in [-0.3, -0.25) is 14.2 Å². The van der Waals surface area contributed by atoms with Crippen molar-refractivity contribution in [2.45, 2.75) is 106 Å². The number of benzene rings is 2. The van der Waals surface area contributed by atoms with Gasteiger partial charge in [0.25, 0.3) is 0 Å². The number of hydrogen-bond donors (Lipinski definition) is 4. The van der Waals surface area contributed by atoms with Crippen molar-refractivity contribution in [3.63, 3.8) is 0 Å². The number of ether oxygens (including phenoxy) is 3. The van der Waals surface area contributed by atoms with E-state index < -0.39 is 17.7 Å². The number of rotatable bonds is 11. The van der Waals surface area contributed by atoms with Gasteiger partial charge in [-0.1, -0.05) is 38.6 Å². The lowest BCUT2D eigenvalue weighted by Gasteiger charge is -2.23. The minimum Gasteiger partial charge on any atom is -0.477 e. The van der Waals surface area contributed by atoms with Gasteiger partial charge >= 0.3 is 12.1 Å². The Morgan fingerprint density at radius 3 is 1.65 bits per heavy atom. The normalized spacial score (nSPS) is 13.6. The van der Waals surface area contributed by atoms with E-state index in [0.29, 0.717) is 31.1 Å². The summed E-state index contributed by atoms with van der Waals surface area (Å²) < 4.78 is 19.7. The number of hydrogen-bond acceptors (Lipinski definition) is 14. The number of aromatic nitrogens is 10. The number of thiophene rings is 2. The Kier molecular flexibility index (Phi) is 17.2. The van der Waals surface area contributed by atoms with Gasteiger partial charge in [-0.25, -0.2) is 29.5 Å². The predicted octanol–water partition coefficient (Wildman–Crippen LogP) is 12.9. The van der Waals surface area contributed by atoms with Crippen molar-refractivity contribution < 1.29 is 33.7 Å². The third kappa shape index (κ3) is 13.2. The number of amides is 1. The highest BCUT2D eigenvalue weighted by atomic mass is 32.1. The van der Waals surface area contributed by atoms with E-state index in [-0.39, 0.29) is 25.2 Å². The van der Waals surface area contributed by atoms with Crippen LogP contribution in [0.25, 0.3) is 67.1 Å². The Balaban J connectivity index is 0.000000161. The van der Waals surface area contributed by atoms with Gasteiger partial charge in [0.1, 0.15) is 34.4 Å². The van der Waals surface area contributed by atoms with Gasteiger partial charge in [0.15, 0.2) is 5.78 Å². The number of H-pyrrole nitrogens is 2. The summed E-state index contributed by atoms with van der Waals surface area (Å²) in [7, 11) is 3.79. The highest BCUT2D eigenvalue weighted by molar-refractivity contribution is 7.14. The lowest BCUT2D eigenvalue weighted by atomic mass is 9.90. The molecule has 0 fully saturated rings. The topological polar surface area (TPSA) is 230 Å². The quantitative estimate of drug-likeness (QED) is 0.0884. The molecule has 420 valence electrons. The molecule has 2 aliphatic rings. The summed E-state index contributed by atoms with van der Waals surface area (Å²) in [5.41, 5.74) is 15.3. The van der Waals surface area contributed by atoms with Crippen LogP contribution in [0.2, 0.25) is 0 Å². The highest BCUT2D eigenvalue weighted by Gasteiger charge is 2.24. The second-order valence-corrected chi connectivity index (χ2v) is 23.5. The van der Waals surface area contributed by atoms with E-state index in [1.54, 1.807) is 39.4 Å². The fourth-order valence-corrected chi connectivity index (χ4v) is 12.1. The first kappa shape index (κ1) is 57.5. The molecule has 10 heterocycles. The van der Waals surface area contributed by atoms with Crippen LogP contribution >= 0.6 is 22.7 Å². The molecule has 0 saturated carbocycles. The second-order valence-electron chi connectivity index (χ2n) is 21.2. The summed E-state index contributed by atoms with van der Waals surface area (Å²) in [5, 5.41) is 22.0. The van der Waals surface area contributed by atoms with Crippen LogP contribution in [0.1, 0.15) is 123 Å². The zero-order chi connectivity index (χ0) is 56.4. The van der Waals surface area contributed by atoms with Crippen LogP contribution in [0.15, 0.2) is 98.1 Å². The lowest BCUT2D eigenvalue weighted by molar-refractivity contribution is 0.0507. The predicted molar refractivity (Wildman–Crippen MR) is 317 cm³/mol. The third-order valence-corrected chi connectivity index (χ3v) is 16.4. The highest BCUT2D eigenvalue weighted by Crippen LogP contribution is 2.36. The molecule has 8 aromatic heterocycles. The van der Waals surface area contributed by atoms with Crippen LogP contribution in [-0.2, 0) is 54.4 Å². The zero-order valence-electron chi connectivity index (χ0n) is 46.1. The average molecular weight is 1130 g/mol. The SMILES string of the molecule is C.Cc1cc(-c2ncnc3[nH]c(-c4cnn(C)c4)cc23)ccc1C(C)CC(=O)c1cc2c(s1)CCOC2.Cc1cc(-c2ncnc3[nH]c(-c4cnn(C)c4)cc23)ccc1C(C)NC(=O)OC(C)(C)C.O=C(O)c1cc2c(s1)CCOC2. The Morgan fingerprint density at radius 1 is 0.704 bits per heavy atom. The number of nitrogens with zero attached hydrogens (tertiary/aromatic N) is 8. The first-order chi connectivity index (χ1) is 38.3. The molecule has 0 spiro atoms. The minimum absolute atomic E-state index is 0. The number of carboxylic acid groups (broad SMARTS) is 1. The van der Waals surface area contributed by atoms with Crippen LogP contribution in [0.3, 0.4) is 0 Å². The maximum atomic E-state index is 13.1. The number of aromatic amines is 2. The van der Waals surface area contributed by atoms with Crippen molar-refractivity contribution in [1.29, 1.82) is 0 Å². The molecule has 0 radical (unpaired) electrons. The van der Waals surface area contributed by atoms with Crippen molar-refractivity contribution in [1.82, 2.24) is 54.8 Å². The Bertz CT molecular complexity index is 3870. The molecule has 18 nitrogen and oxygen atoms in total.